The van der Waals surface area contributed by atoms with Gasteiger partial charge in [-0.05, 0) is 24.3 Å². The van der Waals surface area contributed by atoms with E-state index in [0.717, 1.165) is 41.5 Å². The Hall–Kier alpha value is -1.60. The Morgan fingerprint density at radius 2 is 2.38 bits per heavy atom. The molecule has 3 heterocycles. The van der Waals surface area contributed by atoms with E-state index >= 15 is 0 Å². The zero-order chi connectivity index (χ0) is 11.0. The van der Waals surface area contributed by atoms with Crippen molar-refractivity contribution in [2.45, 2.75) is 25.8 Å². The summed E-state index contributed by atoms with van der Waals surface area (Å²) in [6.07, 6.45) is 3.34. The van der Waals surface area contributed by atoms with E-state index in [9.17, 15) is 5.26 Å². The van der Waals surface area contributed by atoms with Gasteiger partial charge in [-0.15, -0.1) is 11.3 Å². The van der Waals surface area contributed by atoms with Crippen LogP contribution in [0.25, 0.3) is 10.6 Å². The molecule has 0 N–H and O–H groups in total. The molecule has 3 nitrogen and oxygen atoms in total. The van der Waals surface area contributed by atoms with Crippen LogP contribution in [0.5, 0.6) is 0 Å². The SMILES string of the molecule is N#Cc1c(-c2cccs2)nc2n1CCCC2. The Bertz CT molecular complexity index is 546. The molecule has 0 aromatic carbocycles. The second-order valence-corrected chi connectivity index (χ2v) is 4.87. The van der Waals surface area contributed by atoms with E-state index in [4.69, 9.17) is 0 Å². The molecule has 3 rings (SSSR count). The molecule has 0 saturated heterocycles. The number of fused-ring (bicyclic) bond motifs is 1. The molecule has 0 spiro atoms. The lowest BCUT2D eigenvalue weighted by Crippen LogP contribution is -2.11. The lowest BCUT2D eigenvalue weighted by Gasteiger charge is -2.13. The first-order valence-electron chi connectivity index (χ1n) is 5.43. The van der Waals surface area contributed by atoms with Gasteiger partial charge in [-0.3, -0.25) is 0 Å². The molecule has 4 heteroatoms. The molecule has 1 aliphatic heterocycles. The number of thiophene rings is 1. The molecule has 0 aliphatic carbocycles. The molecule has 0 radical (unpaired) electrons. The third-order valence-electron chi connectivity index (χ3n) is 2.94. The number of hydrogen-bond donors (Lipinski definition) is 0. The summed E-state index contributed by atoms with van der Waals surface area (Å²) in [4.78, 5) is 5.71. The highest BCUT2D eigenvalue weighted by Gasteiger charge is 2.20. The number of aryl methyl sites for hydroxylation is 1. The molecule has 2 aromatic rings. The topological polar surface area (TPSA) is 41.6 Å². The van der Waals surface area contributed by atoms with Crippen LogP contribution in [0, 0.1) is 11.3 Å². The van der Waals surface area contributed by atoms with Gasteiger partial charge in [-0.25, -0.2) is 4.98 Å². The van der Waals surface area contributed by atoms with Crippen LogP contribution in [-0.2, 0) is 13.0 Å². The lowest BCUT2D eigenvalue weighted by molar-refractivity contribution is 0.519. The second kappa shape index (κ2) is 3.76. The standard InChI is InChI=1S/C12H11N3S/c13-8-9-12(10-4-3-7-16-10)14-11-5-1-2-6-15(9)11/h3-4,7H,1-2,5-6H2. The van der Waals surface area contributed by atoms with Crippen molar-refractivity contribution < 1.29 is 0 Å². The summed E-state index contributed by atoms with van der Waals surface area (Å²) in [6.45, 7) is 0.941. The van der Waals surface area contributed by atoms with E-state index in [1.165, 1.54) is 6.42 Å². The van der Waals surface area contributed by atoms with Crippen molar-refractivity contribution >= 4 is 11.3 Å². The summed E-state index contributed by atoms with van der Waals surface area (Å²) in [5.41, 5.74) is 1.60. The van der Waals surface area contributed by atoms with Gasteiger partial charge in [-0.1, -0.05) is 6.07 Å². The molecular formula is C12H11N3S. The van der Waals surface area contributed by atoms with E-state index in [-0.39, 0.29) is 0 Å². The minimum Gasteiger partial charge on any atom is -0.319 e. The van der Waals surface area contributed by atoms with Crippen LogP contribution in [0.1, 0.15) is 24.4 Å². The lowest BCUT2D eigenvalue weighted by atomic mass is 10.1. The van der Waals surface area contributed by atoms with Crippen molar-refractivity contribution in [2.75, 3.05) is 0 Å². The van der Waals surface area contributed by atoms with Crippen LogP contribution in [0.3, 0.4) is 0 Å². The molecule has 0 saturated carbocycles. The minimum atomic E-state index is 0.733. The molecule has 80 valence electrons. The Kier molecular flexibility index (Phi) is 2.26. The number of aromatic nitrogens is 2. The average Bonchev–Trinajstić information content (AvgIpc) is 2.95. The fourth-order valence-electron chi connectivity index (χ4n) is 2.18. The van der Waals surface area contributed by atoms with E-state index in [2.05, 4.69) is 15.6 Å². The highest BCUT2D eigenvalue weighted by atomic mass is 32.1. The van der Waals surface area contributed by atoms with Crippen LogP contribution in [0.4, 0.5) is 0 Å². The summed E-state index contributed by atoms with van der Waals surface area (Å²) >= 11 is 1.64. The van der Waals surface area contributed by atoms with Gasteiger partial charge < -0.3 is 4.57 Å². The maximum absolute atomic E-state index is 9.26. The third-order valence-corrected chi connectivity index (χ3v) is 3.82. The van der Waals surface area contributed by atoms with Crippen molar-refractivity contribution in [1.29, 1.82) is 5.26 Å². The fourth-order valence-corrected chi connectivity index (χ4v) is 2.90. The van der Waals surface area contributed by atoms with Gasteiger partial charge in [0.1, 0.15) is 23.3 Å². The number of rotatable bonds is 1. The minimum absolute atomic E-state index is 0.733. The maximum Gasteiger partial charge on any atom is 0.149 e. The highest BCUT2D eigenvalue weighted by molar-refractivity contribution is 7.13. The molecule has 1 aliphatic rings. The van der Waals surface area contributed by atoms with E-state index < -0.39 is 0 Å². The fraction of sp³-hybridized carbons (Fsp3) is 0.333. The largest absolute Gasteiger partial charge is 0.319 e. The maximum atomic E-state index is 9.26. The van der Waals surface area contributed by atoms with E-state index in [1.807, 2.05) is 17.5 Å². The van der Waals surface area contributed by atoms with Crippen LogP contribution >= 0.6 is 11.3 Å². The summed E-state index contributed by atoms with van der Waals surface area (Å²) in [5.74, 6) is 1.08. The average molecular weight is 229 g/mol. The molecule has 0 unspecified atom stereocenters. The third kappa shape index (κ3) is 1.36. The van der Waals surface area contributed by atoms with Crippen molar-refractivity contribution in [1.82, 2.24) is 9.55 Å². The van der Waals surface area contributed by atoms with Gasteiger partial charge in [0, 0.05) is 13.0 Å². The summed E-state index contributed by atoms with van der Waals surface area (Å²) in [5, 5.41) is 11.3. The quantitative estimate of drug-likeness (QED) is 0.754. The molecule has 0 amide bonds. The predicted octanol–water partition coefficient (Wildman–Crippen LogP) is 2.82. The van der Waals surface area contributed by atoms with Crippen LogP contribution in [0.2, 0.25) is 0 Å². The van der Waals surface area contributed by atoms with Gasteiger partial charge in [0.25, 0.3) is 0 Å². The summed E-state index contributed by atoms with van der Waals surface area (Å²) in [6, 6.07) is 6.33. The van der Waals surface area contributed by atoms with Crippen LogP contribution in [0.15, 0.2) is 17.5 Å². The molecule has 2 aromatic heterocycles. The second-order valence-electron chi connectivity index (χ2n) is 3.92. The first-order chi connectivity index (χ1) is 7.90. The van der Waals surface area contributed by atoms with Crippen LogP contribution in [-0.4, -0.2) is 9.55 Å². The summed E-state index contributed by atoms with van der Waals surface area (Å²) in [7, 11) is 0. The van der Waals surface area contributed by atoms with Crippen molar-refractivity contribution in [2.24, 2.45) is 0 Å². The van der Waals surface area contributed by atoms with Crippen molar-refractivity contribution in [3.63, 3.8) is 0 Å². The number of nitrogens with zero attached hydrogens (tertiary/aromatic N) is 3. The van der Waals surface area contributed by atoms with Crippen molar-refractivity contribution in [3.05, 3.63) is 29.0 Å². The Balaban J connectivity index is 2.19. The first kappa shape index (κ1) is 9.61. The number of nitriles is 1. The molecule has 0 fully saturated rings. The zero-order valence-electron chi connectivity index (χ0n) is 8.81. The van der Waals surface area contributed by atoms with E-state index in [1.54, 1.807) is 11.3 Å². The normalized spacial score (nSPS) is 14.4. The highest BCUT2D eigenvalue weighted by Crippen LogP contribution is 2.29. The number of imidazole rings is 1. The Morgan fingerprint density at radius 3 is 3.12 bits per heavy atom. The van der Waals surface area contributed by atoms with Gasteiger partial charge in [0.2, 0.25) is 0 Å². The smallest absolute Gasteiger partial charge is 0.149 e. The first-order valence-corrected chi connectivity index (χ1v) is 6.31. The van der Waals surface area contributed by atoms with Crippen LogP contribution < -0.4 is 0 Å². The molecule has 16 heavy (non-hydrogen) atoms. The van der Waals surface area contributed by atoms with E-state index in [0.29, 0.717) is 0 Å². The molecule has 0 atom stereocenters. The summed E-state index contributed by atoms with van der Waals surface area (Å²) < 4.78 is 2.08. The zero-order valence-corrected chi connectivity index (χ0v) is 9.63. The monoisotopic (exact) mass is 229 g/mol. The van der Waals surface area contributed by atoms with Crippen molar-refractivity contribution in [3.8, 4) is 16.6 Å². The molecule has 0 bridgehead atoms. The van der Waals surface area contributed by atoms with Gasteiger partial charge in [0.15, 0.2) is 0 Å². The van der Waals surface area contributed by atoms with Gasteiger partial charge >= 0.3 is 0 Å². The van der Waals surface area contributed by atoms with Gasteiger partial charge in [0.05, 0.1) is 4.88 Å². The predicted molar refractivity (Wildman–Crippen MR) is 63.2 cm³/mol. The van der Waals surface area contributed by atoms with Gasteiger partial charge in [-0.2, -0.15) is 5.26 Å². The Labute approximate surface area is 98.0 Å². The molecular weight excluding hydrogens is 218 g/mol. The Morgan fingerprint density at radius 1 is 1.44 bits per heavy atom. The number of hydrogen-bond acceptors (Lipinski definition) is 3.